The van der Waals surface area contributed by atoms with Gasteiger partial charge in [0, 0.05) is 24.5 Å². The highest BCUT2D eigenvalue weighted by Crippen LogP contribution is 2.29. The zero-order valence-corrected chi connectivity index (χ0v) is 14.2. The Hall–Kier alpha value is -3.47. The zero-order valence-electron chi connectivity index (χ0n) is 14.2. The van der Waals surface area contributed by atoms with Gasteiger partial charge in [-0.25, -0.2) is 0 Å². The van der Waals surface area contributed by atoms with Crippen molar-refractivity contribution in [3.8, 4) is 0 Å². The van der Waals surface area contributed by atoms with Crippen molar-refractivity contribution in [3.63, 3.8) is 0 Å². The Morgan fingerprint density at radius 3 is 2.46 bits per heavy atom. The molecular formula is C21H16N2O3. The minimum absolute atomic E-state index is 0.259. The summed E-state index contributed by atoms with van der Waals surface area (Å²) in [7, 11) is 1.70. The van der Waals surface area contributed by atoms with Crippen LogP contribution in [-0.4, -0.2) is 29.7 Å². The second kappa shape index (κ2) is 6.11. The molecule has 0 fully saturated rings. The van der Waals surface area contributed by atoms with Crippen molar-refractivity contribution in [2.75, 3.05) is 7.05 Å². The molecule has 3 aromatic carbocycles. The van der Waals surface area contributed by atoms with Gasteiger partial charge in [0.2, 0.25) is 0 Å². The number of carbonyl (C=O) groups is 3. The molecule has 5 heteroatoms. The summed E-state index contributed by atoms with van der Waals surface area (Å²) < 4.78 is 0. The molecule has 0 atom stereocenters. The van der Waals surface area contributed by atoms with Crippen molar-refractivity contribution in [3.05, 3.63) is 82.9 Å². The van der Waals surface area contributed by atoms with Crippen molar-refractivity contribution >= 4 is 28.5 Å². The van der Waals surface area contributed by atoms with Crippen LogP contribution in [0.4, 0.5) is 0 Å². The van der Waals surface area contributed by atoms with Crippen LogP contribution in [-0.2, 0) is 6.54 Å². The van der Waals surface area contributed by atoms with E-state index in [0.29, 0.717) is 23.1 Å². The molecule has 1 heterocycles. The first kappa shape index (κ1) is 16.0. The third-order valence-electron chi connectivity index (χ3n) is 4.58. The Bertz CT molecular complexity index is 1060. The van der Waals surface area contributed by atoms with E-state index in [1.165, 1.54) is 0 Å². The van der Waals surface area contributed by atoms with Gasteiger partial charge in [-0.2, -0.15) is 0 Å². The number of nitrogens with zero attached hydrogens (tertiary/aromatic N) is 1. The van der Waals surface area contributed by atoms with Gasteiger partial charge in [0.1, 0.15) is 0 Å². The summed E-state index contributed by atoms with van der Waals surface area (Å²) >= 11 is 0. The van der Waals surface area contributed by atoms with Crippen molar-refractivity contribution in [2.45, 2.75) is 6.54 Å². The SMILES string of the molecule is CN(Cc1ccccc1)C(=O)c1ccc2cccc3c2c1C(=O)NC3=O. The largest absolute Gasteiger partial charge is 0.337 e. The van der Waals surface area contributed by atoms with Crippen molar-refractivity contribution in [2.24, 2.45) is 0 Å². The van der Waals surface area contributed by atoms with Crippen LogP contribution in [0, 0.1) is 0 Å². The lowest BCUT2D eigenvalue weighted by atomic mass is 9.91. The molecule has 3 aromatic rings. The second-order valence-corrected chi connectivity index (χ2v) is 6.32. The second-order valence-electron chi connectivity index (χ2n) is 6.32. The lowest BCUT2D eigenvalue weighted by Crippen LogP contribution is -2.37. The predicted molar refractivity (Wildman–Crippen MR) is 98.0 cm³/mol. The highest BCUT2D eigenvalue weighted by molar-refractivity contribution is 6.28. The summed E-state index contributed by atoms with van der Waals surface area (Å²) in [5, 5.41) is 3.64. The smallest absolute Gasteiger partial charge is 0.259 e. The number of rotatable bonds is 3. The monoisotopic (exact) mass is 344 g/mol. The van der Waals surface area contributed by atoms with Gasteiger partial charge < -0.3 is 4.90 Å². The number of amides is 3. The van der Waals surface area contributed by atoms with Gasteiger partial charge in [0.25, 0.3) is 17.7 Å². The molecule has 0 aliphatic carbocycles. The summed E-state index contributed by atoms with van der Waals surface area (Å²) in [5.41, 5.74) is 1.98. The van der Waals surface area contributed by atoms with Gasteiger partial charge in [0.15, 0.2) is 0 Å². The summed E-state index contributed by atoms with van der Waals surface area (Å²) in [5.74, 6) is -1.23. The van der Waals surface area contributed by atoms with Gasteiger partial charge in [0.05, 0.1) is 11.1 Å². The molecule has 5 nitrogen and oxygen atoms in total. The highest BCUT2D eigenvalue weighted by atomic mass is 16.2. The summed E-state index contributed by atoms with van der Waals surface area (Å²) in [6, 6.07) is 18.3. The van der Waals surface area contributed by atoms with E-state index >= 15 is 0 Å². The Labute approximate surface area is 150 Å². The quantitative estimate of drug-likeness (QED) is 0.743. The van der Waals surface area contributed by atoms with E-state index in [-0.39, 0.29) is 11.5 Å². The fraction of sp³-hybridized carbons (Fsp3) is 0.0952. The first-order valence-electron chi connectivity index (χ1n) is 8.27. The first-order valence-corrected chi connectivity index (χ1v) is 8.27. The van der Waals surface area contributed by atoms with Gasteiger partial charge in [-0.05, 0) is 23.1 Å². The zero-order chi connectivity index (χ0) is 18.3. The van der Waals surface area contributed by atoms with Crippen LogP contribution in [0.5, 0.6) is 0 Å². The van der Waals surface area contributed by atoms with E-state index in [9.17, 15) is 14.4 Å². The lowest BCUT2D eigenvalue weighted by molar-refractivity contribution is 0.0769. The van der Waals surface area contributed by atoms with Crippen molar-refractivity contribution in [1.82, 2.24) is 10.2 Å². The molecule has 26 heavy (non-hydrogen) atoms. The number of hydrogen-bond donors (Lipinski definition) is 1. The Balaban J connectivity index is 1.80. The minimum Gasteiger partial charge on any atom is -0.337 e. The molecule has 1 N–H and O–H groups in total. The molecule has 1 aliphatic rings. The van der Waals surface area contributed by atoms with Crippen LogP contribution in [0.1, 0.15) is 36.6 Å². The number of imide groups is 1. The molecule has 0 aromatic heterocycles. The number of hydrogen-bond acceptors (Lipinski definition) is 3. The molecular weight excluding hydrogens is 328 g/mol. The van der Waals surface area contributed by atoms with Gasteiger partial charge >= 0.3 is 0 Å². The Kier molecular flexibility index (Phi) is 3.77. The maximum absolute atomic E-state index is 13.0. The van der Waals surface area contributed by atoms with E-state index < -0.39 is 11.8 Å². The van der Waals surface area contributed by atoms with Crippen LogP contribution >= 0.6 is 0 Å². The lowest BCUT2D eigenvalue weighted by Gasteiger charge is -2.22. The normalized spacial score (nSPS) is 12.8. The average molecular weight is 344 g/mol. The van der Waals surface area contributed by atoms with E-state index in [2.05, 4.69) is 5.32 Å². The fourth-order valence-corrected chi connectivity index (χ4v) is 3.35. The Morgan fingerprint density at radius 2 is 1.69 bits per heavy atom. The molecule has 0 unspecified atom stereocenters. The van der Waals surface area contributed by atoms with Crippen LogP contribution in [0.15, 0.2) is 60.7 Å². The number of carbonyl (C=O) groups excluding carboxylic acids is 3. The molecule has 0 bridgehead atoms. The van der Waals surface area contributed by atoms with Crippen molar-refractivity contribution in [1.29, 1.82) is 0 Å². The topological polar surface area (TPSA) is 66.5 Å². The maximum Gasteiger partial charge on any atom is 0.259 e. The maximum atomic E-state index is 13.0. The van der Waals surface area contributed by atoms with Gasteiger partial charge in [-0.15, -0.1) is 0 Å². The molecule has 1 aliphatic heterocycles. The standard InChI is InChI=1S/C21H16N2O3/c1-23(12-13-6-3-2-4-7-13)21(26)16-11-10-14-8-5-9-15-17(14)18(16)20(25)22-19(15)24/h2-11H,12H2,1H3,(H,22,24,25). The number of benzene rings is 3. The summed E-state index contributed by atoms with van der Waals surface area (Å²) in [6.07, 6.45) is 0. The molecule has 3 amide bonds. The summed E-state index contributed by atoms with van der Waals surface area (Å²) in [4.78, 5) is 39.2. The molecule has 0 saturated carbocycles. The van der Waals surface area contributed by atoms with Gasteiger partial charge in [-0.1, -0.05) is 48.5 Å². The van der Waals surface area contributed by atoms with Crippen molar-refractivity contribution < 1.29 is 14.4 Å². The van der Waals surface area contributed by atoms with E-state index in [1.54, 1.807) is 36.2 Å². The predicted octanol–water partition coefficient (Wildman–Crippen LogP) is 3.00. The molecule has 0 saturated heterocycles. The third-order valence-corrected chi connectivity index (χ3v) is 4.58. The third kappa shape index (κ3) is 2.54. The fourth-order valence-electron chi connectivity index (χ4n) is 3.35. The van der Waals surface area contributed by atoms with Crippen LogP contribution in [0.3, 0.4) is 0 Å². The molecule has 0 spiro atoms. The Morgan fingerprint density at radius 1 is 0.923 bits per heavy atom. The number of nitrogens with one attached hydrogen (secondary N) is 1. The van der Waals surface area contributed by atoms with E-state index in [1.807, 2.05) is 36.4 Å². The van der Waals surface area contributed by atoms with Crippen LogP contribution in [0.2, 0.25) is 0 Å². The van der Waals surface area contributed by atoms with Crippen LogP contribution in [0.25, 0.3) is 10.8 Å². The molecule has 4 rings (SSSR count). The minimum atomic E-state index is -0.532. The first-order chi connectivity index (χ1) is 12.6. The highest BCUT2D eigenvalue weighted by Gasteiger charge is 2.30. The summed E-state index contributed by atoms with van der Waals surface area (Å²) in [6.45, 7) is 0.430. The molecule has 128 valence electrons. The van der Waals surface area contributed by atoms with E-state index in [0.717, 1.165) is 10.9 Å². The molecule has 0 radical (unpaired) electrons. The average Bonchev–Trinajstić information content (AvgIpc) is 2.65. The van der Waals surface area contributed by atoms with Crippen LogP contribution < -0.4 is 5.32 Å². The van der Waals surface area contributed by atoms with Gasteiger partial charge in [-0.3, -0.25) is 19.7 Å². The van der Waals surface area contributed by atoms with E-state index in [4.69, 9.17) is 0 Å².